The van der Waals surface area contributed by atoms with Crippen molar-refractivity contribution >= 4 is 11.6 Å². The lowest BCUT2D eigenvalue weighted by molar-refractivity contribution is 0.0963. The monoisotopic (exact) mass is 272 g/mol. The van der Waals surface area contributed by atoms with Gasteiger partial charge in [-0.05, 0) is 48.4 Å². The average molecular weight is 272 g/mol. The molecule has 2 rings (SSSR count). The number of rotatable bonds is 4. The standard InChI is InChI=1S/C16H17FN2O/c1-11-9-14(7-8-15(11)17)19-10-12-3-5-13(6-4-12)16(20)18-2/h3-9,19H,10H2,1-2H3,(H,18,20). The molecule has 0 heterocycles. The number of benzene rings is 2. The van der Waals surface area contributed by atoms with E-state index in [1.54, 1.807) is 38.2 Å². The van der Waals surface area contributed by atoms with Gasteiger partial charge in [-0.15, -0.1) is 0 Å². The van der Waals surface area contributed by atoms with Gasteiger partial charge in [0.25, 0.3) is 5.91 Å². The van der Waals surface area contributed by atoms with Crippen LogP contribution in [0.3, 0.4) is 0 Å². The average Bonchev–Trinajstić information content (AvgIpc) is 2.48. The first-order valence-electron chi connectivity index (χ1n) is 6.41. The molecule has 0 unspecified atom stereocenters. The van der Waals surface area contributed by atoms with Gasteiger partial charge in [-0.2, -0.15) is 0 Å². The molecule has 0 fully saturated rings. The maximum Gasteiger partial charge on any atom is 0.251 e. The lowest BCUT2D eigenvalue weighted by Crippen LogP contribution is -2.17. The lowest BCUT2D eigenvalue weighted by Gasteiger charge is -2.08. The third-order valence-electron chi connectivity index (χ3n) is 3.10. The highest BCUT2D eigenvalue weighted by atomic mass is 19.1. The van der Waals surface area contributed by atoms with Crippen molar-refractivity contribution in [2.24, 2.45) is 0 Å². The number of halogens is 1. The van der Waals surface area contributed by atoms with E-state index in [1.165, 1.54) is 6.07 Å². The Morgan fingerprint density at radius 1 is 1.15 bits per heavy atom. The maximum absolute atomic E-state index is 13.1. The molecule has 0 radical (unpaired) electrons. The van der Waals surface area contributed by atoms with Crippen LogP contribution >= 0.6 is 0 Å². The molecule has 0 bridgehead atoms. The van der Waals surface area contributed by atoms with Gasteiger partial charge in [-0.3, -0.25) is 4.79 Å². The fourth-order valence-corrected chi connectivity index (χ4v) is 1.88. The molecule has 0 atom stereocenters. The van der Waals surface area contributed by atoms with Crippen LogP contribution in [0.15, 0.2) is 42.5 Å². The Kier molecular flexibility index (Phi) is 4.35. The molecule has 2 N–H and O–H groups in total. The summed E-state index contributed by atoms with van der Waals surface area (Å²) in [4.78, 5) is 11.4. The Morgan fingerprint density at radius 2 is 1.85 bits per heavy atom. The molecular weight excluding hydrogens is 255 g/mol. The third kappa shape index (κ3) is 3.35. The van der Waals surface area contributed by atoms with E-state index < -0.39 is 0 Å². The Balaban J connectivity index is 2.00. The second kappa shape index (κ2) is 6.19. The van der Waals surface area contributed by atoms with Gasteiger partial charge >= 0.3 is 0 Å². The van der Waals surface area contributed by atoms with Crippen LogP contribution in [0.5, 0.6) is 0 Å². The van der Waals surface area contributed by atoms with Crippen molar-refractivity contribution in [1.29, 1.82) is 0 Å². The lowest BCUT2D eigenvalue weighted by atomic mass is 10.1. The second-order valence-corrected chi connectivity index (χ2v) is 4.59. The number of hydrogen-bond acceptors (Lipinski definition) is 2. The van der Waals surface area contributed by atoms with Crippen molar-refractivity contribution in [3.8, 4) is 0 Å². The normalized spacial score (nSPS) is 10.2. The van der Waals surface area contributed by atoms with Gasteiger partial charge in [-0.25, -0.2) is 4.39 Å². The van der Waals surface area contributed by atoms with Crippen LogP contribution in [-0.4, -0.2) is 13.0 Å². The molecule has 20 heavy (non-hydrogen) atoms. The number of aryl methyl sites for hydroxylation is 1. The first-order chi connectivity index (χ1) is 9.60. The second-order valence-electron chi connectivity index (χ2n) is 4.59. The quantitative estimate of drug-likeness (QED) is 0.898. The number of carbonyl (C=O) groups excluding carboxylic acids is 1. The molecule has 1 amide bonds. The molecule has 0 aliphatic heterocycles. The van der Waals surface area contributed by atoms with E-state index >= 15 is 0 Å². The Hall–Kier alpha value is -2.36. The molecule has 4 heteroatoms. The molecule has 3 nitrogen and oxygen atoms in total. The van der Waals surface area contributed by atoms with E-state index in [0.717, 1.165) is 11.3 Å². The molecule has 0 saturated carbocycles. The molecule has 0 aliphatic rings. The van der Waals surface area contributed by atoms with Crippen molar-refractivity contribution < 1.29 is 9.18 Å². The molecule has 0 aliphatic carbocycles. The van der Waals surface area contributed by atoms with Gasteiger partial charge in [0.05, 0.1) is 0 Å². The topological polar surface area (TPSA) is 41.1 Å². The number of nitrogens with one attached hydrogen (secondary N) is 2. The third-order valence-corrected chi connectivity index (χ3v) is 3.10. The van der Waals surface area contributed by atoms with Crippen LogP contribution in [0.4, 0.5) is 10.1 Å². The fourth-order valence-electron chi connectivity index (χ4n) is 1.88. The summed E-state index contributed by atoms with van der Waals surface area (Å²) in [5.74, 6) is -0.302. The van der Waals surface area contributed by atoms with Crippen molar-refractivity contribution in [2.45, 2.75) is 13.5 Å². The minimum absolute atomic E-state index is 0.0985. The van der Waals surface area contributed by atoms with Crippen molar-refractivity contribution in [2.75, 3.05) is 12.4 Å². The van der Waals surface area contributed by atoms with Gasteiger partial charge in [0.1, 0.15) is 5.82 Å². The van der Waals surface area contributed by atoms with Crippen LogP contribution in [0.25, 0.3) is 0 Å². The first-order valence-corrected chi connectivity index (χ1v) is 6.41. The minimum Gasteiger partial charge on any atom is -0.381 e. The van der Waals surface area contributed by atoms with E-state index in [9.17, 15) is 9.18 Å². The van der Waals surface area contributed by atoms with E-state index in [2.05, 4.69) is 10.6 Å². The zero-order chi connectivity index (χ0) is 14.5. The predicted octanol–water partition coefficient (Wildman–Crippen LogP) is 3.11. The van der Waals surface area contributed by atoms with Gasteiger partial charge in [0, 0.05) is 24.8 Å². The zero-order valence-electron chi connectivity index (χ0n) is 11.5. The highest BCUT2D eigenvalue weighted by Gasteiger charge is 2.03. The van der Waals surface area contributed by atoms with E-state index in [1.807, 2.05) is 12.1 Å². The fraction of sp³-hybridized carbons (Fsp3) is 0.188. The molecule has 0 saturated heterocycles. The van der Waals surface area contributed by atoms with Crippen LogP contribution in [-0.2, 0) is 6.54 Å². The first kappa shape index (κ1) is 14.1. The number of amides is 1. The molecule has 2 aromatic rings. The summed E-state index contributed by atoms with van der Waals surface area (Å²) >= 11 is 0. The number of hydrogen-bond donors (Lipinski definition) is 2. The van der Waals surface area contributed by atoms with Crippen LogP contribution in [0.1, 0.15) is 21.5 Å². The van der Waals surface area contributed by atoms with Crippen LogP contribution < -0.4 is 10.6 Å². The van der Waals surface area contributed by atoms with Gasteiger partial charge < -0.3 is 10.6 Å². The van der Waals surface area contributed by atoms with Crippen molar-refractivity contribution in [1.82, 2.24) is 5.32 Å². The van der Waals surface area contributed by atoms with Crippen molar-refractivity contribution in [3.05, 3.63) is 65.0 Å². The molecule has 2 aromatic carbocycles. The van der Waals surface area contributed by atoms with Gasteiger partial charge in [0.2, 0.25) is 0 Å². The molecule has 0 spiro atoms. The van der Waals surface area contributed by atoms with E-state index in [0.29, 0.717) is 17.7 Å². The van der Waals surface area contributed by atoms with Crippen LogP contribution in [0.2, 0.25) is 0 Å². The summed E-state index contributed by atoms with van der Waals surface area (Å²) in [5, 5.41) is 5.80. The molecule has 104 valence electrons. The molecular formula is C16H17FN2O. The Bertz CT molecular complexity index is 608. The number of anilines is 1. The van der Waals surface area contributed by atoms with Crippen molar-refractivity contribution in [3.63, 3.8) is 0 Å². The highest BCUT2D eigenvalue weighted by molar-refractivity contribution is 5.93. The van der Waals surface area contributed by atoms with Gasteiger partial charge in [-0.1, -0.05) is 12.1 Å². The SMILES string of the molecule is CNC(=O)c1ccc(CNc2ccc(F)c(C)c2)cc1. The summed E-state index contributed by atoms with van der Waals surface area (Å²) in [5.41, 5.74) is 3.18. The molecule has 0 aromatic heterocycles. The number of carbonyl (C=O) groups is 1. The summed E-state index contributed by atoms with van der Waals surface area (Å²) < 4.78 is 13.1. The summed E-state index contributed by atoms with van der Waals surface area (Å²) in [6.07, 6.45) is 0. The highest BCUT2D eigenvalue weighted by Crippen LogP contribution is 2.15. The predicted molar refractivity (Wildman–Crippen MR) is 78.3 cm³/mol. The Morgan fingerprint density at radius 3 is 2.45 bits per heavy atom. The van der Waals surface area contributed by atoms with E-state index in [-0.39, 0.29) is 11.7 Å². The summed E-state index contributed by atoms with van der Waals surface area (Å²) in [6.45, 7) is 2.36. The summed E-state index contributed by atoms with van der Waals surface area (Å²) in [6, 6.07) is 12.3. The van der Waals surface area contributed by atoms with E-state index in [4.69, 9.17) is 0 Å². The minimum atomic E-state index is -0.203. The maximum atomic E-state index is 13.1. The largest absolute Gasteiger partial charge is 0.381 e. The summed E-state index contributed by atoms with van der Waals surface area (Å²) in [7, 11) is 1.61. The Labute approximate surface area is 117 Å². The van der Waals surface area contributed by atoms with Gasteiger partial charge in [0.15, 0.2) is 0 Å². The van der Waals surface area contributed by atoms with Crippen LogP contribution in [0, 0.1) is 12.7 Å². The smallest absolute Gasteiger partial charge is 0.251 e. The zero-order valence-corrected chi connectivity index (χ0v) is 11.5.